The zero-order chi connectivity index (χ0) is 22.6. The van der Waals surface area contributed by atoms with E-state index in [4.69, 9.17) is 4.74 Å². The second-order valence-corrected chi connectivity index (χ2v) is 7.45. The van der Waals surface area contributed by atoms with E-state index in [1.54, 1.807) is 0 Å². The van der Waals surface area contributed by atoms with Crippen molar-refractivity contribution in [3.8, 4) is 5.75 Å². The second kappa shape index (κ2) is 6.59. The number of ether oxygens (including phenoxy) is 1. The standard InChI is InChI=1S/C17H16N4O9/c1-16(2)17(3,23)14(11-6-9(19(24)25)4-5-13(11)30-16)18-8-10(20(26)27)7-12(15(18)22)21(28)29/h4-8,14,23H,1-3H3. The van der Waals surface area contributed by atoms with E-state index in [0.29, 0.717) is 10.6 Å². The molecule has 0 aliphatic carbocycles. The van der Waals surface area contributed by atoms with Crippen LogP contribution in [0.15, 0.2) is 35.3 Å². The van der Waals surface area contributed by atoms with Gasteiger partial charge in [0.05, 0.1) is 27.0 Å². The van der Waals surface area contributed by atoms with Gasteiger partial charge in [-0.05, 0) is 26.8 Å². The fraction of sp³-hybridized carbons (Fsp3) is 0.353. The molecule has 2 atom stereocenters. The van der Waals surface area contributed by atoms with Crippen molar-refractivity contribution in [3.05, 3.63) is 76.7 Å². The fourth-order valence-electron chi connectivity index (χ4n) is 3.38. The van der Waals surface area contributed by atoms with E-state index < -0.39 is 48.9 Å². The molecule has 0 spiro atoms. The third-order valence-corrected chi connectivity index (χ3v) is 5.31. The summed E-state index contributed by atoms with van der Waals surface area (Å²) in [7, 11) is 0. The van der Waals surface area contributed by atoms with E-state index in [0.717, 1.165) is 18.3 Å². The Morgan fingerprint density at radius 2 is 1.60 bits per heavy atom. The van der Waals surface area contributed by atoms with Crippen molar-refractivity contribution in [2.45, 2.75) is 38.0 Å². The van der Waals surface area contributed by atoms with E-state index >= 15 is 0 Å². The molecule has 3 rings (SSSR count). The molecule has 13 nitrogen and oxygen atoms in total. The third kappa shape index (κ3) is 3.04. The number of nitrogens with zero attached hydrogens (tertiary/aromatic N) is 4. The Hall–Kier alpha value is -3.87. The molecule has 0 amide bonds. The Morgan fingerprint density at radius 3 is 2.13 bits per heavy atom. The second-order valence-electron chi connectivity index (χ2n) is 7.45. The summed E-state index contributed by atoms with van der Waals surface area (Å²) < 4.78 is 6.42. The minimum atomic E-state index is -1.96. The maximum atomic E-state index is 12.8. The molecule has 0 radical (unpaired) electrons. The van der Waals surface area contributed by atoms with Crippen LogP contribution < -0.4 is 10.3 Å². The van der Waals surface area contributed by atoms with Crippen LogP contribution >= 0.6 is 0 Å². The van der Waals surface area contributed by atoms with E-state index in [9.17, 15) is 40.2 Å². The number of rotatable bonds is 4. The number of fused-ring (bicyclic) bond motifs is 1. The lowest BCUT2D eigenvalue weighted by Gasteiger charge is -2.49. The minimum absolute atomic E-state index is 0.0228. The molecular formula is C17H16N4O9. The largest absolute Gasteiger partial charge is 0.484 e. The molecule has 2 heterocycles. The molecular weight excluding hydrogens is 404 g/mol. The van der Waals surface area contributed by atoms with Crippen molar-refractivity contribution < 1.29 is 24.6 Å². The summed E-state index contributed by atoms with van der Waals surface area (Å²) in [6.45, 7) is 4.25. The highest BCUT2D eigenvalue weighted by Gasteiger charge is 2.54. The van der Waals surface area contributed by atoms with Crippen LogP contribution in [0.2, 0.25) is 0 Å². The lowest BCUT2D eigenvalue weighted by molar-refractivity contribution is -0.396. The first-order valence-corrected chi connectivity index (χ1v) is 8.52. The molecule has 158 valence electrons. The van der Waals surface area contributed by atoms with Crippen molar-refractivity contribution in [3.63, 3.8) is 0 Å². The molecule has 0 saturated heterocycles. The number of aliphatic hydroxyl groups is 1. The molecule has 0 bridgehead atoms. The third-order valence-electron chi connectivity index (χ3n) is 5.31. The first-order chi connectivity index (χ1) is 13.8. The van der Waals surface area contributed by atoms with Gasteiger partial charge in [-0.25, -0.2) is 0 Å². The van der Waals surface area contributed by atoms with Crippen molar-refractivity contribution in [1.29, 1.82) is 0 Å². The topological polar surface area (TPSA) is 181 Å². The summed E-state index contributed by atoms with van der Waals surface area (Å²) in [4.78, 5) is 44.0. The molecule has 0 saturated carbocycles. The molecule has 1 aromatic heterocycles. The van der Waals surface area contributed by atoms with Gasteiger partial charge in [0.1, 0.15) is 23.0 Å². The van der Waals surface area contributed by atoms with Gasteiger partial charge in [0.25, 0.3) is 11.4 Å². The number of benzene rings is 1. The van der Waals surface area contributed by atoms with Gasteiger partial charge in [-0.1, -0.05) is 0 Å². The average molecular weight is 420 g/mol. The van der Waals surface area contributed by atoms with Crippen LogP contribution in [-0.2, 0) is 0 Å². The van der Waals surface area contributed by atoms with Crippen LogP contribution in [0.4, 0.5) is 17.1 Å². The SMILES string of the molecule is CC1(C)Oc2ccc([N+](=O)[O-])cc2C(n2cc([N+](=O)[O-])cc([N+](=O)[O-])c2=O)C1(C)O. The summed E-state index contributed by atoms with van der Waals surface area (Å²) in [5, 5.41) is 45.1. The highest BCUT2D eigenvalue weighted by atomic mass is 16.6. The van der Waals surface area contributed by atoms with Gasteiger partial charge < -0.3 is 9.84 Å². The van der Waals surface area contributed by atoms with Gasteiger partial charge in [-0.15, -0.1) is 0 Å². The molecule has 1 N–H and O–H groups in total. The first kappa shape index (κ1) is 20.9. The minimum Gasteiger partial charge on any atom is -0.484 e. The fourth-order valence-corrected chi connectivity index (χ4v) is 3.38. The van der Waals surface area contributed by atoms with E-state index in [1.807, 2.05) is 0 Å². The Labute approximate surface area is 167 Å². The number of hydrogen-bond acceptors (Lipinski definition) is 9. The van der Waals surface area contributed by atoms with Crippen LogP contribution in [0.5, 0.6) is 5.75 Å². The molecule has 1 aliphatic heterocycles. The summed E-state index contributed by atoms with van der Waals surface area (Å²) in [6, 6.07) is 2.55. The normalized spacial score (nSPS) is 21.9. The zero-order valence-electron chi connectivity index (χ0n) is 16.0. The van der Waals surface area contributed by atoms with Crippen LogP contribution in [0, 0.1) is 30.3 Å². The number of non-ortho nitro benzene ring substituents is 1. The summed E-state index contributed by atoms with van der Waals surface area (Å²) in [5.41, 5.74) is -6.78. The van der Waals surface area contributed by atoms with Crippen molar-refractivity contribution >= 4 is 17.1 Å². The molecule has 1 aliphatic rings. The summed E-state index contributed by atoms with van der Waals surface area (Å²) in [6.07, 6.45) is 0.762. The highest BCUT2D eigenvalue weighted by Crippen LogP contribution is 2.48. The first-order valence-electron chi connectivity index (χ1n) is 8.52. The van der Waals surface area contributed by atoms with E-state index in [2.05, 4.69) is 0 Å². The average Bonchev–Trinajstić information content (AvgIpc) is 2.62. The van der Waals surface area contributed by atoms with Crippen molar-refractivity contribution in [2.24, 2.45) is 0 Å². The zero-order valence-corrected chi connectivity index (χ0v) is 16.0. The molecule has 30 heavy (non-hydrogen) atoms. The summed E-state index contributed by atoms with van der Waals surface area (Å²) in [5.74, 6) is 0.0863. The van der Waals surface area contributed by atoms with Crippen LogP contribution in [0.3, 0.4) is 0 Å². The number of aromatic nitrogens is 1. The van der Waals surface area contributed by atoms with Gasteiger partial charge in [0.2, 0.25) is 0 Å². The highest BCUT2D eigenvalue weighted by molar-refractivity contribution is 5.50. The summed E-state index contributed by atoms with van der Waals surface area (Å²) >= 11 is 0. The van der Waals surface area contributed by atoms with Crippen LogP contribution in [-0.4, -0.2) is 35.6 Å². The molecule has 1 aromatic carbocycles. The number of nitro groups is 3. The van der Waals surface area contributed by atoms with Gasteiger partial charge in [-0.3, -0.25) is 39.7 Å². The molecule has 2 unspecified atom stereocenters. The number of nitro benzene ring substituents is 1. The van der Waals surface area contributed by atoms with Crippen molar-refractivity contribution in [2.75, 3.05) is 0 Å². The predicted molar refractivity (Wildman–Crippen MR) is 101 cm³/mol. The molecule has 2 aromatic rings. The Kier molecular flexibility index (Phi) is 4.58. The number of pyridine rings is 1. The Bertz CT molecular complexity index is 1150. The van der Waals surface area contributed by atoms with E-state index in [-0.39, 0.29) is 17.0 Å². The molecule has 0 fully saturated rings. The number of hydrogen-bond donors (Lipinski definition) is 1. The van der Waals surface area contributed by atoms with Crippen LogP contribution in [0.25, 0.3) is 0 Å². The maximum absolute atomic E-state index is 12.8. The quantitative estimate of drug-likeness (QED) is 0.572. The smallest absolute Gasteiger partial charge is 0.340 e. The Morgan fingerprint density at radius 1 is 1.00 bits per heavy atom. The lowest BCUT2D eigenvalue weighted by atomic mass is 9.75. The van der Waals surface area contributed by atoms with E-state index in [1.165, 1.54) is 26.8 Å². The van der Waals surface area contributed by atoms with Gasteiger partial charge in [0, 0.05) is 17.7 Å². The van der Waals surface area contributed by atoms with Gasteiger partial charge in [-0.2, -0.15) is 0 Å². The predicted octanol–water partition coefficient (Wildman–Crippen LogP) is 2.08. The molecule has 13 heteroatoms. The van der Waals surface area contributed by atoms with Gasteiger partial charge >= 0.3 is 11.2 Å². The maximum Gasteiger partial charge on any atom is 0.340 e. The van der Waals surface area contributed by atoms with Gasteiger partial charge in [0.15, 0.2) is 0 Å². The monoisotopic (exact) mass is 420 g/mol. The van der Waals surface area contributed by atoms with Crippen molar-refractivity contribution in [1.82, 2.24) is 4.57 Å². The van der Waals surface area contributed by atoms with Crippen LogP contribution in [0.1, 0.15) is 32.4 Å². The Balaban J connectivity index is 2.43. The lowest BCUT2D eigenvalue weighted by Crippen LogP contribution is -2.60.